The van der Waals surface area contributed by atoms with Crippen molar-refractivity contribution in [3.8, 4) is 0 Å². The Bertz CT molecular complexity index is 404. The third kappa shape index (κ3) is 16.8. The molecule has 0 spiro atoms. The van der Waals surface area contributed by atoms with E-state index in [2.05, 4.69) is 23.6 Å². The lowest BCUT2D eigenvalue weighted by Gasteiger charge is -2.39. The fourth-order valence-electron chi connectivity index (χ4n) is 5.65. The van der Waals surface area contributed by atoms with Crippen LogP contribution < -0.4 is 0 Å². The van der Waals surface area contributed by atoms with Gasteiger partial charge in [-0.15, -0.1) is 24.8 Å². The molecule has 0 unspecified atom stereocenters. The fraction of sp³-hybridized carbons (Fsp3) is 1.00. The maximum Gasteiger partial charge on any atom is 0.0569 e. The Balaban J connectivity index is 0.00000578. The van der Waals surface area contributed by atoms with Crippen molar-refractivity contribution in [1.29, 1.82) is 0 Å². The summed E-state index contributed by atoms with van der Waals surface area (Å²) in [6, 6.07) is 0. The van der Waals surface area contributed by atoms with Crippen molar-refractivity contribution in [2.45, 2.75) is 117 Å². The second-order valence-corrected chi connectivity index (χ2v) is 11.1. The molecule has 2 aliphatic rings. The van der Waals surface area contributed by atoms with Gasteiger partial charge in [-0.1, -0.05) is 78.1 Å². The van der Waals surface area contributed by atoms with E-state index in [-0.39, 0.29) is 30.2 Å². The highest BCUT2D eigenvalue weighted by Crippen LogP contribution is 2.27. The molecule has 0 aromatic heterocycles. The second-order valence-electron chi connectivity index (χ2n) is 11.1. The second kappa shape index (κ2) is 23.5. The molecule has 0 saturated carbocycles. The summed E-state index contributed by atoms with van der Waals surface area (Å²) in [5, 5.41) is 0. The van der Waals surface area contributed by atoms with Crippen LogP contribution in [0, 0.1) is 5.41 Å². The Morgan fingerprint density at radius 2 is 0.857 bits per heavy atom. The molecule has 0 aromatic rings. The fourth-order valence-corrected chi connectivity index (χ4v) is 5.65. The summed E-state index contributed by atoms with van der Waals surface area (Å²) < 4.78 is 12.8. The molecule has 0 N–H and O–H groups in total. The summed E-state index contributed by atoms with van der Waals surface area (Å²) in [6.07, 6.45) is 21.4. The predicted molar refractivity (Wildman–Crippen MR) is 157 cm³/mol. The molecule has 4 nitrogen and oxygen atoms in total. The van der Waals surface area contributed by atoms with Crippen LogP contribution in [0.25, 0.3) is 0 Å². The Morgan fingerprint density at radius 1 is 0.514 bits per heavy atom. The van der Waals surface area contributed by atoms with Gasteiger partial charge in [0, 0.05) is 31.7 Å². The number of hydrogen-bond acceptors (Lipinski definition) is 4. The Hall–Kier alpha value is 0.420. The zero-order chi connectivity index (χ0) is 23.5. The first-order valence-electron chi connectivity index (χ1n) is 14.9. The molecule has 212 valence electrons. The van der Waals surface area contributed by atoms with Crippen LogP contribution in [-0.4, -0.2) is 75.5 Å². The van der Waals surface area contributed by atoms with E-state index in [4.69, 9.17) is 9.47 Å². The van der Waals surface area contributed by atoms with Crippen LogP contribution >= 0.6 is 24.8 Å². The zero-order valence-corrected chi connectivity index (χ0v) is 25.0. The van der Waals surface area contributed by atoms with Gasteiger partial charge in [-0.3, -0.25) is 0 Å². The Morgan fingerprint density at radius 3 is 1.23 bits per heavy atom. The molecule has 0 amide bonds. The summed E-state index contributed by atoms with van der Waals surface area (Å²) in [7, 11) is 0. The van der Waals surface area contributed by atoms with Gasteiger partial charge in [-0.05, 0) is 64.7 Å². The van der Waals surface area contributed by atoms with Crippen molar-refractivity contribution in [2.75, 3.05) is 65.7 Å². The van der Waals surface area contributed by atoms with Crippen molar-refractivity contribution < 1.29 is 9.47 Å². The molecule has 2 fully saturated rings. The number of ether oxygens (including phenoxy) is 2. The number of rotatable bonds is 22. The normalized spacial score (nSPS) is 17.0. The molecule has 2 aliphatic heterocycles. The minimum atomic E-state index is 0. The number of likely N-dealkylation sites (tertiary alicyclic amines) is 2. The molecule has 0 aliphatic carbocycles. The number of halogens is 2. The standard InChI is InChI=1S/C29H58N2O2.2ClH/c1-3-5-7-9-11-17-23-32-27-29(25-30-19-13-14-20-30,26-31-21-15-16-22-31)28-33-24-18-12-10-8-6-4-2;;/h3-28H2,1-2H3;2*1H. The zero-order valence-electron chi connectivity index (χ0n) is 23.4. The molecule has 35 heavy (non-hydrogen) atoms. The van der Waals surface area contributed by atoms with E-state index < -0.39 is 0 Å². The lowest BCUT2D eigenvalue weighted by atomic mass is 9.88. The van der Waals surface area contributed by atoms with E-state index >= 15 is 0 Å². The van der Waals surface area contributed by atoms with Gasteiger partial charge in [0.2, 0.25) is 0 Å². The van der Waals surface area contributed by atoms with E-state index in [1.807, 2.05) is 0 Å². The minimum Gasteiger partial charge on any atom is -0.381 e. The van der Waals surface area contributed by atoms with Crippen LogP contribution in [0.15, 0.2) is 0 Å². The largest absolute Gasteiger partial charge is 0.381 e. The van der Waals surface area contributed by atoms with Crippen molar-refractivity contribution in [3.63, 3.8) is 0 Å². The van der Waals surface area contributed by atoms with Gasteiger partial charge in [0.05, 0.1) is 13.2 Å². The lowest BCUT2D eigenvalue weighted by molar-refractivity contribution is -0.0526. The van der Waals surface area contributed by atoms with Crippen LogP contribution in [0.2, 0.25) is 0 Å². The quantitative estimate of drug-likeness (QED) is 0.131. The van der Waals surface area contributed by atoms with E-state index in [0.717, 1.165) is 39.5 Å². The Kier molecular flexibility index (Phi) is 23.8. The first kappa shape index (κ1) is 35.4. The number of hydrogen-bond donors (Lipinski definition) is 0. The van der Waals surface area contributed by atoms with Gasteiger partial charge in [-0.25, -0.2) is 0 Å². The molecule has 2 heterocycles. The van der Waals surface area contributed by atoms with Gasteiger partial charge >= 0.3 is 0 Å². The van der Waals surface area contributed by atoms with Crippen molar-refractivity contribution in [1.82, 2.24) is 9.80 Å². The molecule has 2 rings (SSSR count). The average molecular weight is 540 g/mol. The third-order valence-electron chi connectivity index (χ3n) is 7.62. The van der Waals surface area contributed by atoms with E-state index in [9.17, 15) is 0 Å². The highest BCUT2D eigenvalue weighted by atomic mass is 35.5. The lowest BCUT2D eigenvalue weighted by Crippen LogP contribution is -2.50. The average Bonchev–Trinajstić information content (AvgIpc) is 3.52. The van der Waals surface area contributed by atoms with Gasteiger partial charge in [0.1, 0.15) is 0 Å². The summed E-state index contributed by atoms with van der Waals surface area (Å²) in [4.78, 5) is 5.39. The molecule has 0 radical (unpaired) electrons. The SMILES string of the molecule is CCCCCCCCOCC(COCCCCCCCC)(CN1CCCC1)CN1CCCC1.Cl.Cl. The summed E-state index contributed by atoms with van der Waals surface area (Å²) in [5.41, 5.74) is 0.124. The molecule has 6 heteroatoms. The van der Waals surface area contributed by atoms with Crippen molar-refractivity contribution >= 4 is 24.8 Å². The van der Waals surface area contributed by atoms with Gasteiger partial charge in [0.25, 0.3) is 0 Å². The predicted octanol–water partition coefficient (Wildman–Crippen LogP) is 7.76. The Labute approximate surface area is 231 Å². The molecular weight excluding hydrogens is 479 g/mol. The van der Waals surface area contributed by atoms with Crippen molar-refractivity contribution in [3.05, 3.63) is 0 Å². The van der Waals surface area contributed by atoms with E-state index in [1.165, 1.54) is 129 Å². The first-order chi connectivity index (χ1) is 16.3. The highest BCUT2D eigenvalue weighted by Gasteiger charge is 2.36. The monoisotopic (exact) mass is 538 g/mol. The van der Waals surface area contributed by atoms with Crippen LogP contribution in [-0.2, 0) is 9.47 Å². The number of nitrogens with zero attached hydrogens (tertiary/aromatic N) is 2. The van der Waals surface area contributed by atoms with Gasteiger partial charge < -0.3 is 19.3 Å². The first-order valence-corrected chi connectivity index (χ1v) is 14.9. The van der Waals surface area contributed by atoms with Crippen LogP contribution in [0.5, 0.6) is 0 Å². The topological polar surface area (TPSA) is 24.9 Å². The van der Waals surface area contributed by atoms with E-state index in [1.54, 1.807) is 0 Å². The van der Waals surface area contributed by atoms with Crippen LogP contribution in [0.4, 0.5) is 0 Å². The highest BCUT2D eigenvalue weighted by molar-refractivity contribution is 5.85. The van der Waals surface area contributed by atoms with Crippen molar-refractivity contribution in [2.24, 2.45) is 5.41 Å². The van der Waals surface area contributed by atoms with Gasteiger partial charge in [0.15, 0.2) is 0 Å². The summed E-state index contributed by atoms with van der Waals surface area (Å²) >= 11 is 0. The minimum absolute atomic E-state index is 0. The molecule has 2 saturated heterocycles. The number of unbranched alkanes of at least 4 members (excludes halogenated alkanes) is 10. The molecular formula is C29H60Cl2N2O2. The molecule has 0 aromatic carbocycles. The summed E-state index contributed by atoms with van der Waals surface area (Å²) in [5.74, 6) is 0. The molecule has 0 bridgehead atoms. The maximum absolute atomic E-state index is 6.42. The van der Waals surface area contributed by atoms with Crippen LogP contribution in [0.1, 0.15) is 117 Å². The van der Waals surface area contributed by atoms with Gasteiger partial charge in [-0.2, -0.15) is 0 Å². The third-order valence-corrected chi connectivity index (χ3v) is 7.62. The summed E-state index contributed by atoms with van der Waals surface area (Å²) in [6.45, 7) is 15.5. The van der Waals surface area contributed by atoms with Crippen LogP contribution in [0.3, 0.4) is 0 Å². The molecule has 0 atom stereocenters. The van der Waals surface area contributed by atoms with E-state index in [0.29, 0.717) is 0 Å². The maximum atomic E-state index is 6.42. The smallest absolute Gasteiger partial charge is 0.0569 e.